The molecule has 210 valence electrons. The van der Waals surface area contributed by atoms with Crippen LogP contribution in [0.2, 0.25) is 0 Å². The molecule has 0 spiro atoms. The molecule has 0 aromatic carbocycles. The van der Waals surface area contributed by atoms with E-state index in [-0.39, 0.29) is 30.8 Å². The Morgan fingerprint density at radius 3 is 1.81 bits per heavy atom. The van der Waals surface area contributed by atoms with Crippen molar-refractivity contribution in [2.24, 2.45) is 11.8 Å². The van der Waals surface area contributed by atoms with E-state index in [9.17, 15) is 25.2 Å². The van der Waals surface area contributed by atoms with Gasteiger partial charge in [-0.05, 0) is 46.0 Å². The average Bonchev–Trinajstić information content (AvgIpc) is 2.85. The largest absolute Gasteiger partial charge is 0.462 e. The molecule has 0 amide bonds. The summed E-state index contributed by atoms with van der Waals surface area (Å²) in [6, 6.07) is 0. The molecule has 0 bridgehead atoms. The van der Waals surface area contributed by atoms with Gasteiger partial charge in [-0.15, -0.1) is 0 Å². The summed E-state index contributed by atoms with van der Waals surface area (Å²) in [5.41, 5.74) is 0. The number of esters is 1. The predicted molar refractivity (Wildman–Crippen MR) is 152 cm³/mol. The fourth-order valence-corrected chi connectivity index (χ4v) is 3.60. The molecule has 0 heterocycles. The summed E-state index contributed by atoms with van der Waals surface area (Å²) >= 11 is 0. The van der Waals surface area contributed by atoms with Crippen molar-refractivity contribution in [2.45, 2.75) is 104 Å². The number of carbonyl (C=O) groups excluding carboxylic acids is 1. The zero-order valence-corrected chi connectivity index (χ0v) is 23.3. The second-order valence-corrected chi connectivity index (χ2v) is 9.59. The molecule has 7 atom stereocenters. The summed E-state index contributed by atoms with van der Waals surface area (Å²) in [5, 5.41) is 40.4. The van der Waals surface area contributed by atoms with Crippen molar-refractivity contribution in [1.82, 2.24) is 0 Å². The zero-order valence-electron chi connectivity index (χ0n) is 23.3. The van der Waals surface area contributed by atoms with Gasteiger partial charge in [0.25, 0.3) is 0 Å². The highest BCUT2D eigenvalue weighted by molar-refractivity contribution is 5.70. The minimum Gasteiger partial charge on any atom is -0.462 e. The topological polar surface area (TPSA) is 107 Å². The van der Waals surface area contributed by atoms with Crippen LogP contribution in [0.5, 0.6) is 0 Å². The van der Waals surface area contributed by atoms with Crippen LogP contribution in [0, 0.1) is 11.8 Å². The number of aliphatic hydroxyl groups excluding tert-OH is 4. The van der Waals surface area contributed by atoms with Gasteiger partial charge < -0.3 is 25.2 Å². The lowest BCUT2D eigenvalue weighted by Gasteiger charge is -2.28. The molecule has 0 unspecified atom stereocenters. The monoisotopic (exact) mass is 518 g/mol. The molecular formula is C31H50O6. The van der Waals surface area contributed by atoms with Crippen LogP contribution in [0.15, 0.2) is 72.9 Å². The van der Waals surface area contributed by atoms with E-state index in [0.29, 0.717) is 25.7 Å². The smallest absolute Gasteiger partial charge is 0.308 e. The molecule has 0 saturated heterocycles. The van der Waals surface area contributed by atoms with Gasteiger partial charge in [0.2, 0.25) is 0 Å². The highest BCUT2D eigenvalue weighted by Crippen LogP contribution is 2.21. The number of ether oxygens (including phenoxy) is 1. The van der Waals surface area contributed by atoms with E-state index in [1.807, 2.05) is 101 Å². The molecular weight excluding hydrogens is 468 g/mol. The van der Waals surface area contributed by atoms with Crippen LogP contribution in [-0.2, 0) is 9.53 Å². The van der Waals surface area contributed by atoms with Gasteiger partial charge in [-0.1, -0.05) is 93.7 Å². The molecule has 0 aromatic heterocycles. The maximum Gasteiger partial charge on any atom is 0.308 e. The first kappa shape index (κ1) is 34.8. The Morgan fingerprint density at radius 2 is 1.27 bits per heavy atom. The van der Waals surface area contributed by atoms with Gasteiger partial charge in [-0.25, -0.2) is 0 Å². The molecule has 0 rings (SSSR count). The Kier molecular flexibility index (Phi) is 20.5. The second-order valence-electron chi connectivity index (χ2n) is 9.59. The van der Waals surface area contributed by atoms with Crippen LogP contribution in [-0.4, -0.2) is 56.9 Å². The van der Waals surface area contributed by atoms with Crippen LogP contribution in [0.4, 0.5) is 0 Å². The third-order valence-electron chi connectivity index (χ3n) is 6.23. The van der Waals surface area contributed by atoms with E-state index in [1.165, 1.54) is 0 Å². The van der Waals surface area contributed by atoms with Crippen LogP contribution in [0.3, 0.4) is 0 Å². The number of aliphatic hydroxyl groups is 4. The Bertz CT molecular complexity index is 764. The third kappa shape index (κ3) is 18.6. The van der Waals surface area contributed by atoms with Gasteiger partial charge >= 0.3 is 5.97 Å². The van der Waals surface area contributed by atoms with Gasteiger partial charge in [0.1, 0.15) is 6.10 Å². The molecule has 0 fully saturated rings. The molecule has 0 saturated carbocycles. The van der Waals surface area contributed by atoms with Crippen LogP contribution < -0.4 is 0 Å². The normalized spacial score (nSPS) is 18.8. The predicted octanol–water partition coefficient (Wildman–Crippen LogP) is 5.35. The van der Waals surface area contributed by atoms with E-state index < -0.39 is 30.4 Å². The summed E-state index contributed by atoms with van der Waals surface area (Å²) in [7, 11) is 0. The molecule has 0 radical (unpaired) electrons. The Morgan fingerprint density at radius 1 is 0.757 bits per heavy atom. The van der Waals surface area contributed by atoms with Crippen molar-refractivity contribution < 1.29 is 30.0 Å². The fourth-order valence-electron chi connectivity index (χ4n) is 3.60. The molecule has 6 heteroatoms. The zero-order chi connectivity index (χ0) is 28.1. The van der Waals surface area contributed by atoms with Crippen molar-refractivity contribution in [3.63, 3.8) is 0 Å². The Labute approximate surface area is 224 Å². The van der Waals surface area contributed by atoms with E-state index in [0.717, 1.165) is 0 Å². The van der Waals surface area contributed by atoms with Crippen molar-refractivity contribution in [1.29, 1.82) is 0 Å². The maximum atomic E-state index is 12.2. The van der Waals surface area contributed by atoms with Crippen molar-refractivity contribution in [3.8, 4) is 0 Å². The highest BCUT2D eigenvalue weighted by atomic mass is 16.5. The minimum atomic E-state index is -1.00. The standard InChI is InChI=1S/C31H50O6/c1-6-8-9-10-11-12-13-14-15-16-17-19-24(3)31(36)25(4)26(5)37-30(35)23-29(34)22-28(33)21-18-20-27(32)7-2/h6,8-17,19,24-29,31-34,36H,7,18,20-23H2,1-5H3/b8-6+,10-9+,12-11+,14-13+,16-15+,19-17+/t24-,25-,26-,27+,28+,29+,31+/m0/s1. The Hall–Kier alpha value is -2.25. The van der Waals surface area contributed by atoms with Crippen molar-refractivity contribution in [2.75, 3.05) is 0 Å². The summed E-state index contributed by atoms with van der Waals surface area (Å²) in [6.07, 6.45) is 22.1. The molecule has 37 heavy (non-hydrogen) atoms. The SMILES string of the molecule is C/C=C/C=C/C=C/C=C/C=C/C=C/[C@H](C)[C@@H](O)[C@@H](C)[C@H](C)OC(=O)C[C@H](O)C[C@H](O)CCC[C@H](O)CC. The first-order chi connectivity index (χ1) is 17.6. The molecule has 6 nitrogen and oxygen atoms in total. The lowest BCUT2D eigenvalue weighted by molar-refractivity contribution is -0.155. The fraction of sp³-hybridized carbons (Fsp3) is 0.581. The number of hydrogen-bond acceptors (Lipinski definition) is 6. The van der Waals surface area contributed by atoms with E-state index in [1.54, 1.807) is 6.92 Å². The maximum absolute atomic E-state index is 12.2. The third-order valence-corrected chi connectivity index (χ3v) is 6.23. The number of carbonyl (C=O) groups is 1. The number of allylic oxidation sites excluding steroid dienone is 11. The van der Waals surface area contributed by atoms with E-state index >= 15 is 0 Å². The highest BCUT2D eigenvalue weighted by Gasteiger charge is 2.27. The summed E-state index contributed by atoms with van der Waals surface area (Å²) < 4.78 is 5.44. The molecule has 0 aliphatic carbocycles. The van der Waals surface area contributed by atoms with Crippen LogP contribution in [0.1, 0.15) is 73.1 Å². The van der Waals surface area contributed by atoms with E-state index in [4.69, 9.17) is 4.74 Å². The van der Waals surface area contributed by atoms with Gasteiger partial charge in [-0.2, -0.15) is 0 Å². The molecule has 4 N–H and O–H groups in total. The summed E-state index contributed by atoms with van der Waals surface area (Å²) in [5.74, 6) is -1.01. The first-order valence-electron chi connectivity index (χ1n) is 13.5. The minimum absolute atomic E-state index is 0.0817. The van der Waals surface area contributed by atoms with Gasteiger partial charge in [0.15, 0.2) is 0 Å². The quantitative estimate of drug-likeness (QED) is 0.136. The van der Waals surface area contributed by atoms with E-state index in [2.05, 4.69) is 0 Å². The lowest BCUT2D eigenvalue weighted by Crippen LogP contribution is -2.35. The second kappa shape index (κ2) is 21.8. The Balaban J connectivity index is 4.42. The number of rotatable bonds is 19. The van der Waals surface area contributed by atoms with Crippen LogP contribution >= 0.6 is 0 Å². The summed E-state index contributed by atoms with van der Waals surface area (Å²) in [4.78, 5) is 12.2. The van der Waals surface area contributed by atoms with Gasteiger partial charge in [0, 0.05) is 11.8 Å². The van der Waals surface area contributed by atoms with Gasteiger partial charge in [0.05, 0.1) is 30.8 Å². The molecule has 0 aliphatic heterocycles. The van der Waals surface area contributed by atoms with Crippen molar-refractivity contribution >= 4 is 5.97 Å². The lowest BCUT2D eigenvalue weighted by atomic mass is 9.89. The molecule has 0 aromatic rings. The first-order valence-corrected chi connectivity index (χ1v) is 13.5. The van der Waals surface area contributed by atoms with Crippen molar-refractivity contribution in [3.05, 3.63) is 72.9 Å². The van der Waals surface area contributed by atoms with Gasteiger partial charge in [-0.3, -0.25) is 4.79 Å². The summed E-state index contributed by atoms with van der Waals surface area (Å²) in [6.45, 7) is 9.33. The average molecular weight is 519 g/mol. The molecule has 0 aliphatic rings. The van der Waals surface area contributed by atoms with Crippen LogP contribution in [0.25, 0.3) is 0 Å². The number of hydrogen-bond donors (Lipinski definition) is 4.